The maximum atomic E-state index is 13.6. The fraction of sp³-hybridized carbons (Fsp3) is 0.364. The van der Waals surface area contributed by atoms with E-state index in [1.54, 1.807) is 13.8 Å². The number of benzene rings is 1. The molecule has 0 aliphatic carbocycles. The summed E-state index contributed by atoms with van der Waals surface area (Å²) in [4.78, 5) is 20.6. The van der Waals surface area contributed by atoms with Crippen molar-refractivity contribution in [1.29, 1.82) is 0 Å². The highest BCUT2D eigenvalue weighted by molar-refractivity contribution is 5.75. The molecular formula is C11H14FN3O3. The van der Waals surface area contributed by atoms with E-state index in [0.29, 0.717) is 0 Å². The number of nitrogens with zero attached hydrogens (tertiary/aromatic N) is 1. The van der Waals surface area contributed by atoms with Gasteiger partial charge >= 0.3 is 0 Å². The van der Waals surface area contributed by atoms with Crippen LogP contribution in [-0.2, 0) is 4.79 Å². The number of nitro benzene ring substituents is 1. The van der Waals surface area contributed by atoms with Gasteiger partial charge in [0.05, 0.1) is 16.7 Å². The smallest absolute Gasteiger partial charge is 0.272 e. The van der Waals surface area contributed by atoms with Gasteiger partial charge in [0.2, 0.25) is 5.91 Å². The normalized spacial score (nSPS) is 11.1. The van der Waals surface area contributed by atoms with Crippen molar-refractivity contribution in [3.63, 3.8) is 0 Å². The van der Waals surface area contributed by atoms with Crippen LogP contribution in [0.4, 0.5) is 15.8 Å². The van der Waals surface area contributed by atoms with E-state index in [4.69, 9.17) is 5.73 Å². The van der Waals surface area contributed by atoms with Gasteiger partial charge in [-0.3, -0.25) is 14.9 Å². The molecule has 1 aromatic carbocycles. The van der Waals surface area contributed by atoms with Crippen LogP contribution in [0.15, 0.2) is 18.2 Å². The molecule has 0 aliphatic rings. The number of nitrogens with two attached hydrogens (primary N) is 1. The lowest BCUT2D eigenvalue weighted by molar-refractivity contribution is -0.385. The standard InChI is InChI=1S/C11H14FN3O3/c1-11(2,6-10(13)16)14-9-4-3-7(15(17)18)5-8(9)12/h3-5,14H,6H2,1-2H3,(H2,13,16). The Hall–Kier alpha value is -2.18. The van der Waals surface area contributed by atoms with Crippen molar-refractivity contribution < 1.29 is 14.1 Å². The second kappa shape index (κ2) is 4.99. The van der Waals surface area contributed by atoms with Gasteiger partial charge in [-0.2, -0.15) is 0 Å². The van der Waals surface area contributed by atoms with E-state index in [1.807, 2.05) is 0 Å². The number of hydrogen-bond acceptors (Lipinski definition) is 4. The first-order valence-electron chi connectivity index (χ1n) is 5.22. The van der Waals surface area contributed by atoms with Gasteiger partial charge in [-0.25, -0.2) is 4.39 Å². The van der Waals surface area contributed by atoms with Gasteiger partial charge in [-0.15, -0.1) is 0 Å². The number of nitro groups is 1. The Morgan fingerprint density at radius 2 is 2.17 bits per heavy atom. The zero-order valence-corrected chi connectivity index (χ0v) is 10.1. The molecule has 0 aromatic heterocycles. The van der Waals surface area contributed by atoms with Crippen LogP contribution >= 0.6 is 0 Å². The van der Waals surface area contributed by atoms with Gasteiger partial charge in [-0.05, 0) is 19.9 Å². The van der Waals surface area contributed by atoms with Crippen LogP contribution in [0.5, 0.6) is 0 Å². The number of hydrogen-bond donors (Lipinski definition) is 2. The predicted molar refractivity (Wildman–Crippen MR) is 64.6 cm³/mol. The summed E-state index contributed by atoms with van der Waals surface area (Å²) in [6.07, 6.45) is 0.0173. The molecule has 0 unspecified atom stereocenters. The van der Waals surface area contributed by atoms with Crippen LogP contribution in [0.25, 0.3) is 0 Å². The van der Waals surface area contributed by atoms with E-state index in [2.05, 4.69) is 5.32 Å². The van der Waals surface area contributed by atoms with E-state index < -0.39 is 22.2 Å². The average Bonchev–Trinajstić information content (AvgIpc) is 2.18. The second-order valence-electron chi connectivity index (χ2n) is 4.57. The molecule has 0 saturated carbocycles. The molecule has 0 aliphatic heterocycles. The average molecular weight is 255 g/mol. The third kappa shape index (κ3) is 3.69. The number of carbonyl (C=O) groups excluding carboxylic acids is 1. The molecule has 18 heavy (non-hydrogen) atoms. The number of non-ortho nitro benzene ring substituents is 1. The summed E-state index contributed by atoms with van der Waals surface area (Å²) >= 11 is 0. The topological polar surface area (TPSA) is 98.3 Å². The largest absolute Gasteiger partial charge is 0.377 e. The number of anilines is 1. The minimum absolute atomic E-state index is 0.0173. The zero-order valence-electron chi connectivity index (χ0n) is 10.1. The fourth-order valence-corrected chi connectivity index (χ4v) is 1.56. The van der Waals surface area contributed by atoms with Crippen molar-refractivity contribution in [3.8, 4) is 0 Å². The Balaban J connectivity index is 2.92. The van der Waals surface area contributed by atoms with Crippen molar-refractivity contribution in [2.24, 2.45) is 5.73 Å². The molecule has 3 N–H and O–H groups in total. The number of carbonyl (C=O) groups is 1. The Morgan fingerprint density at radius 1 is 1.56 bits per heavy atom. The van der Waals surface area contributed by atoms with Crippen molar-refractivity contribution >= 4 is 17.3 Å². The Labute approximate surface area is 103 Å². The first kappa shape index (κ1) is 13.9. The molecule has 0 atom stereocenters. The van der Waals surface area contributed by atoms with Crippen molar-refractivity contribution in [2.45, 2.75) is 25.8 Å². The number of halogens is 1. The molecule has 0 heterocycles. The molecule has 1 amide bonds. The van der Waals surface area contributed by atoms with E-state index in [9.17, 15) is 19.3 Å². The van der Waals surface area contributed by atoms with E-state index >= 15 is 0 Å². The van der Waals surface area contributed by atoms with Gasteiger partial charge in [0.1, 0.15) is 0 Å². The third-order valence-corrected chi connectivity index (χ3v) is 2.25. The Morgan fingerprint density at radius 3 is 2.61 bits per heavy atom. The summed E-state index contributed by atoms with van der Waals surface area (Å²) in [6.45, 7) is 3.36. The Bertz CT molecular complexity index is 488. The van der Waals surface area contributed by atoms with Crippen LogP contribution in [-0.4, -0.2) is 16.4 Å². The summed E-state index contributed by atoms with van der Waals surface area (Å²) in [7, 11) is 0. The van der Waals surface area contributed by atoms with Crippen molar-refractivity contribution in [3.05, 3.63) is 34.1 Å². The monoisotopic (exact) mass is 255 g/mol. The number of amides is 1. The highest BCUT2D eigenvalue weighted by Crippen LogP contribution is 2.24. The number of nitrogens with one attached hydrogen (secondary N) is 1. The van der Waals surface area contributed by atoms with E-state index in [-0.39, 0.29) is 17.8 Å². The highest BCUT2D eigenvalue weighted by Gasteiger charge is 2.22. The van der Waals surface area contributed by atoms with Crippen LogP contribution in [0, 0.1) is 15.9 Å². The molecule has 6 nitrogen and oxygen atoms in total. The number of primary amides is 1. The summed E-state index contributed by atoms with van der Waals surface area (Å²) in [5, 5.41) is 13.2. The van der Waals surface area contributed by atoms with Crippen molar-refractivity contribution in [1.82, 2.24) is 0 Å². The lowest BCUT2D eigenvalue weighted by Gasteiger charge is -2.26. The zero-order chi connectivity index (χ0) is 13.9. The quantitative estimate of drug-likeness (QED) is 0.619. The molecule has 7 heteroatoms. The maximum Gasteiger partial charge on any atom is 0.272 e. The minimum atomic E-state index is -0.748. The van der Waals surface area contributed by atoms with E-state index in [1.165, 1.54) is 12.1 Å². The summed E-state index contributed by atoms with van der Waals surface area (Å²) < 4.78 is 13.6. The highest BCUT2D eigenvalue weighted by atomic mass is 19.1. The molecule has 0 fully saturated rings. The SMILES string of the molecule is CC(C)(CC(N)=O)Nc1ccc([N+](=O)[O-])cc1F. The molecule has 0 spiro atoms. The molecule has 0 bridgehead atoms. The minimum Gasteiger partial charge on any atom is -0.377 e. The molecule has 1 rings (SSSR count). The van der Waals surface area contributed by atoms with Crippen LogP contribution in [0.3, 0.4) is 0 Å². The lowest BCUT2D eigenvalue weighted by atomic mass is 10.00. The molecule has 0 radical (unpaired) electrons. The third-order valence-electron chi connectivity index (χ3n) is 2.25. The second-order valence-corrected chi connectivity index (χ2v) is 4.57. The van der Waals surface area contributed by atoms with Crippen LogP contribution in [0.2, 0.25) is 0 Å². The molecule has 0 saturated heterocycles. The summed E-state index contributed by atoms with van der Waals surface area (Å²) in [6, 6.07) is 3.27. The Kier molecular flexibility index (Phi) is 3.85. The van der Waals surface area contributed by atoms with E-state index in [0.717, 1.165) is 6.07 Å². The molecule has 1 aromatic rings. The molecular weight excluding hydrogens is 241 g/mol. The fourth-order valence-electron chi connectivity index (χ4n) is 1.56. The summed E-state index contributed by atoms with van der Waals surface area (Å²) in [5.74, 6) is -1.27. The number of rotatable bonds is 5. The lowest BCUT2D eigenvalue weighted by Crippen LogP contribution is -2.36. The van der Waals surface area contributed by atoms with Gasteiger partial charge in [0.25, 0.3) is 5.69 Å². The van der Waals surface area contributed by atoms with Crippen LogP contribution < -0.4 is 11.1 Å². The van der Waals surface area contributed by atoms with Crippen molar-refractivity contribution in [2.75, 3.05) is 5.32 Å². The maximum absolute atomic E-state index is 13.6. The van der Waals surface area contributed by atoms with Gasteiger partial charge in [0.15, 0.2) is 5.82 Å². The first-order valence-corrected chi connectivity index (χ1v) is 5.22. The first-order chi connectivity index (χ1) is 8.21. The van der Waals surface area contributed by atoms with Gasteiger partial charge in [0, 0.05) is 18.0 Å². The predicted octanol–water partition coefficient (Wildman–Crippen LogP) is 1.80. The molecule has 98 valence electrons. The summed E-state index contributed by atoms with van der Waals surface area (Å²) in [5.41, 5.74) is 4.10. The van der Waals surface area contributed by atoms with Gasteiger partial charge in [-0.1, -0.05) is 0 Å². The van der Waals surface area contributed by atoms with Crippen LogP contribution in [0.1, 0.15) is 20.3 Å². The van der Waals surface area contributed by atoms with Gasteiger partial charge < -0.3 is 11.1 Å².